The van der Waals surface area contributed by atoms with Gasteiger partial charge in [0.1, 0.15) is 11.4 Å². The molecule has 1 amide bonds. The highest BCUT2D eigenvalue weighted by Crippen LogP contribution is 2.49. The molecular formula is C24H25N3O3. The van der Waals surface area contributed by atoms with Crippen molar-refractivity contribution in [1.82, 2.24) is 9.89 Å². The van der Waals surface area contributed by atoms with Crippen LogP contribution in [0.15, 0.2) is 53.3 Å². The van der Waals surface area contributed by atoms with E-state index < -0.39 is 0 Å². The first-order chi connectivity index (χ1) is 14.6. The molecule has 2 aromatic carbocycles. The monoisotopic (exact) mass is 403 g/mol. The summed E-state index contributed by atoms with van der Waals surface area (Å²) in [7, 11) is 1.62. The summed E-state index contributed by atoms with van der Waals surface area (Å²) >= 11 is 0. The van der Waals surface area contributed by atoms with Crippen LogP contribution in [0, 0.1) is 17.8 Å². The molecule has 0 unspecified atom stereocenters. The number of methoxy groups -OCH3 is 1. The largest absolute Gasteiger partial charge is 0.497 e. The Bertz CT molecular complexity index is 1150. The molecule has 0 aliphatic heterocycles. The Morgan fingerprint density at radius 1 is 1.10 bits per heavy atom. The van der Waals surface area contributed by atoms with Gasteiger partial charge in [0, 0.05) is 17.4 Å². The van der Waals surface area contributed by atoms with Gasteiger partial charge in [-0.3, -0.25) is 9.59 Å². The summed E-state index contributed by atoms with van der Waals surface area (Å²) in [4.78, 5) is 26.8. The smallest absolute Gasteiger partial charge is 0.294 e. The van der Waals surface area contributed by atoms with E-state index in [4.69, 9.17) is 4.74 Å². The molecule has 2 aliphatic carbocycles. The lowest BCUT2D eigenvalue weighted by molar-refractivity contribution is -0.118. The van der Waals surface area contributed by atoms with E-state index >= 15 is 0 Å². The van der Waals surface area contributed by atoms with Gasteiger partial charge < -0.3 is 4.74 Å². The van der Waals surface area contributed by atoms with E-state index in [0.717, 1.165) is 33.8 Å². The van der Waals surface area contributed by atoms with Gasteiger partial charge in [-0.2, -0.15) is 0 Å². The van der Waals surface area contributed by atoms with Gasteiger partial charge in [-0.15, -0.1) is 9.89 Å². The minimum Gasteiger partial charge on any atom is -0.497 e. The van der Waals surface area contributed by atoms with Crippen LogP contribution in [0.4, 0.5) is 0 Å². The second-order valence-corrected chi connectivity index (χ2v) is 8.51. The van der Waals surface area contributed by atoms with Crippen molar-refractivity contribution < 1.29 is 9.53 Å². The Morgan fingerprint density at radius 3 is 2.53 bits per heavy atom. The lowest BCUT2D eigenvalue weighted by Gasteiger charge is -2.21. The molecule has 1 N–H and O–H groups in total. The average Bonchev–Trinajstić information content (AvgIpc) is 3.39. The number of carbonyl (C=O) groups is 1. The number of aromatic nitrogens is 2. The SMILES string of the molecule is COc1ccc(-c2nn(NC(=O)C[C@H]3C[C@@H]4CC[C@H]3C4)c(=O)c3ccccc23)cc1. The molecule has 1 aromatic heterocycles. The van der Waals surface area contributed by atoms with Crippen molar-refractivity contribution in [1.29, 1.82) is 0 Å². The lowest BCUT2D eigenvalue weighted by Crippen LogP contribution is -2.36. The topological polar surface area (TPSA) is 73.2 Å². The minimum atomic E-state index is -0.316. The van der Waals surface area contributed by atoms with E-state index in [-0.39, 0.29) is 11.5 Å². The van der Waals surface area contributed by atoms with Crippen LogP contribution in [-0.4, -0.2) is 22.9 Å². The molecular weight excluding hydrogens is 378 g/mol. The van der Waals surface area contributed by atoms with Crippen molar-refractivity contribution in [2.24, 2.45) is 17.8 Å². The van der Waals surface area contributed by atoms with Crippen LogP contribution in [0.5, 0.6) is 5.75 Å². The van der Waals surface area contributed by atoms with Crippen molar-refractivity contribution in [3.8, 4) is 17.0 Å². The Hall–Kier alpha value is -3.15. The normalized spacial score (nSPS) is 22.4. The molecule has 2 bridgehead atoms. The highest BCUT2D eigenvalue weighted by atomic mass is 16.5. The number of carbonyl (C=O) groups excluding carboxylic acids is 1. The molecule has 0 radical (unpaired) electrons. The number of nitrogens with zero attached hydrogens (tertiary/aromatic N) is 2. The molecule has 3 aromatic rings. The van der Waals surface area contributed by atoms with Crippen LogP contribution < -0.4 is 15.7 Å². The summed E-state index contributed by atoms with van der Waals surface area (Å²) in [6, 6.07) is 14.9. The molecule has 1 heterocycles. The van der Waals surface area contributed by atoms with E-state index in [2.05, 4.69) is 10.5 Å². The Balaban J connectivity index is 1.48. The second kappa shape index (κ2) is 7.59. The van der Waals surface area contributed by atoms with Crippen molar-refractivity contribution >= 4 is 16.7 Å². The molecule has 2 saturated carbocycles. The van der Waals surface area contributed by atoms with Gasteiger partial charge in [-0.25, -0.2) is 5.43 Å². The van der Waals surface area contributed by atoms with E-state index in [1.54, 1.807) is 13.2 Å². The molecule has 154 valence electrons. The molecule has 6 nitrogen and oxygen atoms in total. The van der Waals surface area contributed by atoms with Crippen LogP contribution in [0.2, 0.25) is 0 Å². The average molecular weight is 403 g/mol. The van der Waals surface area contributed by atoms with E-state index in [1.807, 2.05) is 42.5 Å². The van der Waals surface area contributed by atoms with E-state index in [9.17, 15) is 9.59 Å². The summed E-state index contributed by atoms with van der Waals surface area (Å²) in [6.07, 6.45) is 5.39. The van der Waals surface area contributed by atoms with Gasteiger partial charge in [0.25, 0.3) is 5.56 Å². The van der Waals surface area contributed by atoms with Gasteiger partial charge in [-0.05, 0) is 67.3 Å². The van der Waals surface area contributed by atoms with Gasteiger partial charge in [0.15, 0.2) is 0 Å². The number of nitrogens with one attached hydrogen (secondary N) is 1. The van der Waals surface area contributed by atoms with Crippen molar-refractivity contribution in [3.63, 3.8) is 0 Å². The molecule has 6 heteroatoms. The third-order valence-electron chi connectivity index (χ3n) is 6.73. The summed E-state index contributed by atoms with van der Waals surface area (Å²) in [5.41, 5.74) is 3.93. The zero-order chi connectivity index (χ0) is 20.7. The zero-order valence-electron chi connectivity index (χ0n) is 17.0. The predicted octanol–water partition coefficient (Wildman–Crippen LogP) is 3.97. The molecule has 0 saturated heterocycles. The maximum absolute atomic E-state index is 13.0. The maximum Gasteiger partial charge on any atom is 0.294 e. The number of hydrogen-bond donors (Lipinski definition) is 1. The van der Waals surface area contributed by atoms with Crippen molar-refractivity contribution in [2.75, 3.05) is 12.5 Å². The molecule has 2 fully saturated rings. The fraction of sp³-hybridized carbons (Fsp3) is 0.375. The van der Waals surface area contributed by atoms with Crippen LogP contribution in [0.25, 0.3) is 22.0 Å². The fourth-order valence-corrected chi connectivity index (χ4v) is 5.26. The van der Waals surface area contributed by atoms with E-state index in [0.29, 0.717) is 29.3 Å². The molecule has 0 spiro atoms. The van der Waals surface area contributed by atoms with Crippen LogP contribution >= 0.6 is 0 Å². The fourth-order valence-electron chi connectivity index (χ4n) is 5.26. The highest BCUT2D eigenvalue weighted by molar-refractivity contribution is 5.94. The number of rotatable bonds is 5. The summed E-state index contributed by atoms with van der Waals surface area (Å²) < 4.78 is 5.24. The summed E-state index contributed by atoms with van der Waals surface area (Å²) in [6.45, 7) is 0. The van der Waals surface area contributed by atoms with Crippen LogP contribution in [0.3, 0.4) is 0 Å². The summed E-state index contributed by atoms with van der Waals surface area (Å²) in [5.74, 6) is 2.49. The standard InChI is InChI=1S/C24H25N3O3/c1-30-19-10-8-16(9-11-19)23-20-4-2-3-5-21(20)24(29)27(26-23)25-22(28)14-18-13-15-6-7-17(18)12-15/h2-5,8-11,15,17-18H,6-7,12-14H2,1H3,(H,25,28)/t15-,17+,18-/m1/s1. The number of ether oxygens (including phenoxy) is 1. The number of fused-ring (bicyclic) bond motifs is 3. The van der Waals surface area contributed by atoms with Crippen molar-refractivity contribution in [2.45, 2.75) is 32.1 Å². The minimum absolute atomic E-state index is 0.141. The number of amides is 1. The first-order valence-corrected chi connectivity index (χ1v) is 10.6. The molecule has 2 aliphatic rings. The molecule has 30 heavy (non-hydrogen) atoms. The first kappa shape index (κ1) is 18.9. The second-order valence-electron chi connectivity index (χ2n) is 8.51. The van der Waals surface area contributed by atoms with E-state index in [1.165, 1.54) is 19.3 Å². The van der Waals surface area contributed by atoms with Crippen LogP contribution in [-0.2, 0) is 4.79 Å². The predicted molar refractivity (Wildman–Crippen MR) is 116 cm³/mol. The van der Waals surface area contributed by atoms with Gasteiger partial charge in [0.05, 0.1) is 12.5 Å². The van der Waals surface area contributed by atoms with Crippen LogP contribution in [0.1, 0.15) is 32.1 Å². The Labute approximate surface area is 174 Å². The Kier molecular flexibility index (Phi) is 4.77. The quantitative estimate of drug-likeness (QED) is 0.700. The molecule has 5 rings (SSSR count). The first-order valence-electron chi connectivity index (χ1n) is 10.6. The maximum atomic E-state index is 13.0. The zero-order valence-corrected chi connectivity index (χ0v) is 17.0. The summed E-state index contributed by atoms with van der Waals surface area (Å²) in [5, 5.41) is 5.80. The number of hydrogen-bond acceptors (Lipinski definition) is 4. The lowest BCUT2D eigenvalue weighted by atomic mass is 9.86. The third kappa shape index (κ3) is 3.36. The van der Waals surface area contributed by atoms with Crippen molar-refractivity contribution in [3.05, 3.63) is 58.9 Å². The van der Waals surface area contributed by atoms with Gasteiger partial charge in [-0.1, -0.05) is 24.6 Å². The molecule has 3 atom stereocenters. The number of benzene rings is 2. The third-order valence-corrected chi connectivity index (χ3v) is 6.73. The van der Waals surface area contributed by atoms with Gasteiger partial charge in [0.2, 0.25) is 5.91 Å². The Morgan fingerprint density at radius 2 is 1.87 bits per heavy atom. The highest BCUT2D eigenvalue weighted by Gasteiger charge is 2.40. The van der Waals surface area contributed by atoms with Gasteiger partial charge >= 0.3 is 0 Å².